The molecule has 5 N–H and O–H groups in total. The van der Waals surface area contributed by atoms with Crippen LogP contribution in [0.2, 0.25) is 0 Å². The molecule has 0 bridgehead atoms. The minimum absolute atomic E-state index is 0. The summed E-state index contributed by atoms with van der Waals surface area (Å²) in [5.74, 6) is 1.24. The molecule has 0 aromatic heterocycles. The number of carbonyl (C=O) groups excluding carboxylic acids is 1. The molecule has 5 fully saturated rings. The fourth-order valence-corrected chi connectivity index (χ4v) is 9.25. The second-order valence-electron chi connectivity index (χ2n) is 12.8. The highest BCUT2D eigenvalue weighted by atomic mass is 35.5. The number of aliphatic hydroxyl groups excluding tert-OH is 3. The molecule has 0 spiro atoms. The summed E-state index contributed by atoms with van der Waals surface area (Å²) in [6.45, 7) is 6.36. The maximum atomic E-state index is 12.6. The first kappa shape index (κ1) is 28.5. The number of carbonyl (C=O) groups is 1. The molecule has 0 radical (unpaired) electrons. The van der Waals surface area contributed by atoms with Crippen molar-refractivity contribution in [2.45, 2.75) is 121 Å². The lowest BCUT2D eigenvalue weighted by Gasteiger charge is -2.64. The molecule has 0 amide bonds. The van der Waals surface area contributed by atoms with Crippen LogP contribution in [0.4, 0.5) is 0 Å². The molecular formula is C27H46ClNO7. The fourth-order valence-electron chi connectivity index (χ4n) is 9.25. The highest BCUT2D eigenvalue weighted by molar-refractivity contribution is 5.85. The number of ether oxygens (including phenoxy) is 3. The summed E-state index contributed by atoms with van der Waals surface area (Å²) in [4.78, 5) is 12.6. The van der Waals surface area contributed by atoms with Gasteiger partial charge in [0.05, 0.1) is 25.2 Å². The number of hydrogen-bond acceptors (Lipinski definition) is 8. The Bertz CT molecular complexity index is 832. The van der Waals surface area contributed by atoms with E-state index in [0.29, 0.717) is 17.8 Å². The maximum absolute atomic E-state index is 12.6. The van der Waals surface area contributed by atoms with Gasteiger partial charge in [-0.25, -0.2) is 0 Å². The molecule has 36 heavy (non-hydrogen) atoms. The van der Waals surface area contributed by atoms with Crippen LogP contribution in [0.5, 0.6) is 0 Å². The summed E-state index contributed by atoms with van der Waals surface area (Å²) in [5.41, 5.74) is 6.94. The van der Waals surface area contributed by atoms with Crippen LogP contribution in [0.15, 0.2) is 0 Å². The molecule has 4 aliphatic carbocycles. The first-order valence-electron chi connectivity index (χ1n) is 13.7. The molecule has 0 aromatic carbocycles. The predicted molar refractivity (Wildman–Crippen MR) is 135 cm³/mol. The molecule has 3 unspecified atom stereocenters. The van der Waals surface area contributed by atoms with Crippen molar-refractivity contribution in [3.63, 3.8) is 0 Å². The van der Waals surface area contributed by atoms with Crippen molar-refractivity contribution < 1.29 is 34.3 Å². The van der Waals surface area contributed by atoms with Crippen LogP contribution >= 0.6 is 12.4 Å². The quantitative estimate of drug-likeness (QED) is 0.323. The number of fused-ring (bicyclic) bond motifs is 5. The zero-order valence-corrected chi connectivity index (χ0v) is 22.9. The number of methoxy groups -OCH3 is 1. The molecule has 9 heteroatoms. The number of aliphatic hydroxyl groups is 3. The molecule has 5 aliphatic rings. The Kier molecular flexibility index (Phi) is 7.86. The van der Waals surface area contributed by atoms with E-state index in [-0.39, 0.29) is 46.8 Å². The molecular weight excluding hydrogens is 486 g/mol. The van der Waals surface area contributed by atoms with E-state index in [9.17, 15) is 20.1 Å². The summed E-state index contributed by atoms with van der Waals surface area (Å²) in [6, 6.07) is 0. The van der Waals surface area contributed by atoms with Gasteiger partial charge in [0.1, 0.15) is 18.3 Å². The summed E-state index contributed by atoms with van der Waals surface area (Å²) in [7, 11) is 1.49. The second kappa shape index (κ2) is 9.92. The van der Waals surface area contributed by atoms with Gasteiger partial charge in [0.15, 0.2) is 6.29 Å². The SMILES string of the molecule is COC(=O)[C@H]1CC[C@]2(N)C3CCC4C[C@@H](O[C@@H]5O[C@@H](C)[C@H](O)[C@@H](O)[C@H]5O)CC[C@]4(C)C3CC[C@]12C.Cl. The summed E-state index contributed by atoms with van der Waals surface area (Å²) in [6.07, 6.45) is 3.50. The third-order valence-corrected chi connectivity index (χ3v) is 11.6. The topological polar surface area (TPSA) is 131 Å². The Balaban J connectivity index is 0.00000304. The summed E-state index contributed by atoms with van der Waals surface area (Å²) < 4.78 is 17.1. The zero-order chi connectivity index (χ0) is 25.3. The van der Waals surface area contributed by atoms with Gasteiger partial charge >= 0.3 is 5.97 Å². The van der Waals surface area contributed by atoms with Gasteiger partial charge in [-0.15, -0.1) is 12.4 Å². The van der Waals surface area contributed by atoms with Gasteiger partial charge in [0.25, 0.3) is 0 Å². The van der Waals surface area contributed by atoms with Gasteiger partial charge < -0.3 is 35.3 Å². The smallest absolute Gasteiger partial charge is 0.309 e. The highest BCUT2D eigenvalue weighted by Crippen LogP contribution is 2.68. The van der Waals surface area contributed by atoms with Crippen LogP contribution in [-0.2, 0) is 19.0 Å². The average molecular weight is 532 g/mol. The largest absolute Gasteiger partial charge is 0.469 e. The Labute approximate surface area is 221 Å². The van der Waals surface area contributed by atoms with Crippen molar-refractivity contribution in [2.24, 2.45) is 40.2 Å². The molecule has 1 saturated heterocycles. The number of esters is 1. The molecule has 5 rings (SSSR count). The van der Waals surface area contributed by atoms with E-state index < -0.39 is 30.7 Å². The Hall–Kier alpha value is -0.480. The van der Waals surface area contributed by atoms with E-state index in [4.69, 9.17) is 19.9 Å². The van der Waals surface area contributed by atoms with Crippen LogP contribution in [0, 0.1) is 34.5 Å². The first-order chi connectivity index (χ1) is 16.5. The van der Waals surface area contributed by atoms with E-state index in [1.807, 2.05) is 0 Å². The number of halogens is 1. The van der Waals surface area contributed by atoms with Crippen molar-refractivity contribution in [1.82, 2.24) is 0 Å². The molecule has 8 nitrogen and oxygen atoms in total. The fraction of sp³-hybridized carbons (Fsp3) is 0.963. The lowest BCUT2D eigenvalue weighted by Crippen LogP contribution is -2.67. The normalized spacial score (nSPS) is 54.4. The van der Waals surface area contributed by atoms with E-state index >= 15 is 0 Å². The van der Waals surface area contributed by atoms with Crippen molar-refractivity contribution in [3.05, 3.63) is 0 Å². The van der Waals surface area contributed by atoms with Crippen molar-refractivity contribution in [2.75, 3.05) is 7.11 Å². The summed E-state index contributed by atoms with van der Waals surface area (Å²) in [5, 5.41) is 30.5. The van der Waals surface area contributed by atoms with Gasteiger partial charge in [-0.1, -0.05) is 13.8 Å². The van der Waals surface area contributed by atoms with Crippen molar-refractivity contribution in [1.29, 1.82) is 0 Å². The van der Waals surface area contributed by atoms with Gasteiger partial charge in [0.2, 0.25) is 0 Å². The minimum Gasteiger partial charge on any atom is -0.469 e. The van der Waals surface area contributed by atoms with Gasteiger partial charge in [-0.05, 0) is 93.3 Å². The number of hydrogen-bond donors (Lipinski definition) is 4. The Morgan fingerprint density at radius 2 is 1.67 bits per heavy atom. The van der Waals surface area contributed by atoms with E-state index in [2.05, 4.69) is 13.8 Å². The first-order valence-corrected chi connectivity index (χ1v) is 13.7. The monoisotopic (exact) mass is 531 g/mol. The van der Waals surface area contributed by atoms with E-state index in [1.54, 1.807) is 6.92 Å². The van der Waals surface area contributed by atoms with Crippen LogP contribution in [0.3, 0.4) is 0 Å². The number of nitrogens with two attached hydrogens (primary N) is 1. The maximum Gasteiger partial charge on any atom is 0.309 e. The second-order valence-corrected chi connectivity index (χ2v) is 12.8. The summed E-state index contributed by atoms with van der Waals surface area (Å²) >= 11 is 0. The molecule has 1 heterocycles. The predicted octanol–water partition coefficient (Wildman–Crippen LogP) is 2.53. The van der Waals surface area contributed by atoms with E-state index in [1.165, 1.54) is 7.11 Å². The average Bonchev–Trinajstić information content (AvgIpc) is 3.12. The third kappa shape index (κ3) is 4.05. The van der Waals surface area contributed by atoms with Gasteiger partial charge in [-0.3, -0.25) is 4.79 Å². The van der Waals surface area contributed by atoms with Crippen molar-refractivity contribution >= 4 is 18.4 Å². The van der Waals surface area contributed by atoms with Crippen LogP contribution in [-0.4, -0.2) is 70.7 Å². The minimum atomic E-state index is -1.27. The van der Waals surface area contributed by atoms with Gasteiger partial charge in [0, 0.05) is 5.54 Å². The molecule has 1 aliphatic heterocycles. The van der Waals surface area contributed by atoms with E-state index in [0.717, 1.165) is 57.8 Å². The lowest BCUT2D eigenvalue weighted by molar-refractivity contribution is -0.309. The molecule has 0 aromatic rings. The van der Waals surface area contributed by atoms with Crippen LogP contribution in [0.25, 0.3) is 0 Å². The zero-order valence-electron chi connectivity index (χ0n) is 22.1. The van der Waals surface area contributed by atoms with Crippen LogP contribution in [0.1, 0.15) is 78.6 Å². The Morgan fingerprint density at radius 3 is 2.36 bits per heavy atom. The molecule has 208 valence electrons. The molecule has 4 saturated carbocycles. The van der Waals surface area contributed by atoms with Crippen molar-refractivity contribution in [3.8, 4) is 0 Å². The Morgan fingerprint density at radius 1 is 0.944 bits per heavy atom. The van der Waals surface area contributed by atoms with Gasteiger partial charge in [-0.2, -0.15) is 0 Å². The highest BCUT2D eigenvalue weighted by Gasteiger charge is 2.67. The molecule has 13 atom stereocenters. The van der Waals surface area contributed by atoms with Crippen LogP contribution < -0.4 is 5.73 Å². The standard InChI is InChI=1S/C27H45NO7.ClH/c1-14-20(29)21(30)22(31)24(34-14)35-16-7-10-25(2)15(13-16)5-6-18-17(25)8-11-26(3)19(23(32)33-4)9-12-27(18,26)28;/h14-22,24,29-31H,5-13,28H2,1-4H3;1H/t14-,15?,16-,17?,18?,19+,20-,21+,22+,24-,25-,26+,27-;/m0./s1. The lowest BCUT2D eigenvalue weighted by atomic mass is 9.42. The number of rotatable bonds is 3. The third-order valence-electron chi connectivity index (χ3n) is 11.6.